The molecule has 0 aliphatic carbocycles. The highest BCUT2D eigenvalue weighted by molar-refractivity contribution is 6.02. The number of rotatable bonds is 3. The lowest BCUT2D eigenvalue weighted by Crippen LogP contribution is -2.22. The lowest BCUT2D eigenvalue weighted by atomic mass is 10.3. The van der Waals surface area contributed by atoms with Crippen molar-refractivity contribution in [2.75, 3.05) is 5.32 Å². The molecule has 0 unspecified atom stereocenters. The molecule has 0 aliphatic heterocycles. The van der Waals surface area contributed by atoms with Gasteiger partial charge in [-0.15, -0.1) is 0 Å². The molecule has 1 aromatic heterocycles. The minimum absolute atomic E-state index is 0.159. The van der Waals surface area contributed by atoms with E-state index in [0.29, 0.717) is 11.4 Å². The van der Waals surface area contributed by atoms with Crippen molar-refractivity contribution in [3.8, 4) is 0 Å². The van der Waals surface area contributed by atoms with Crippen molar-refractivity contribution in [2.24, 2.45) is 12.8 Å². The molecule has 7 nitrogen and oxygen atoms in total. The number of hydrogen-bond acceptors (Lipinski definition) is 4. The summed E-state index contributed by atoms with van der Waals surface area (Å²) in [6, 6.07) is 0. The number of ether oxygens (including phenoxy) is 1. The molecule has 0 saturated heterocycles. The Labute approximate surface area is 93.1 Å². The molecule has 0 fully saturated rings. The number of amides is 1. The van der Waals surface area contributed by atoms with Crippen LogP contribution in [0.5, 0.6) is 0 Å². The maximum absolute atomic E-state index is 11.4. The zero-order chi connectivity index (χ0) is 12.3. The summed E-state index contributed by atoms with van der Waals surface area (Å²) in [4.78, 5) is 11.4. The number of carbonyl (C=O) groups excluding carboxylic acids is 1. The maximum Gasteiger partial charge on any atom is 0.413 e. The average Bonchev–Trinajstić information content (AvgIpc) is 2.46. The van der Waals surface area contributed by atoms with Crippen LogP contribution in [0.25, 0.3) is 0 Å². The molecule has 1 heterocycles. The molecule has 1 aromatic rings. The quantitative estimate of drug-likeness (QED) is 0.519. The normalized spacial score (nSPS) is 10.2. The SMILES string of the molecule is CC(C)OC(=O)Nc1c(C(=N)N)cnn1C. The summed E-state index contributed by atoms with van der Waals surface area (Å²) in [6.07, 6.45) is 0.600. The zero-order valence-electron chi connectivity index (χ0n) is 9.44. The van der Waals surface area contributed by atoms with Gasteiger partial charge in [0.25, 0.3) is 0 Å². The van der Waals surface area contributed by atoms with Gasteiger partial charge in [0.2, 0.25) is 0 Å². The van der Waals surface area contributed by atoms with Crippen molar-refractivity contribution in [1.29, 1.82) is 5.41 Å². The van der Waals surface area contributed by atoms with Gasteiger partial charge in [-0.25, -0.2) is 4.79 Å². The molecule has 4 N–H and O–H groups in total. The number of anilines is 1. The lowest BCUT2D eigenvalue weighted by Gasteiger charge is -2.10. The predicted octanol–water partition coefficient (Wildman–Crippen LogP) is 0.661. The second-order valence-corrected chi connectivity index (χ2v) is 3.52. The number of aryl methyl sites for hydroxylation is 1. The van der Waals surface area contributed by atoms with Crippen LogP contribution in [0.15, 0.2) is 6.20 Å². The fourth-order valence-electron chi connectivity index (χ4n) is 1.12. The third-order valence-electron chi connectivity index (χ3n) is 1.79. The molecule has 0 radical (unpaired) electrons. The van der Waals surface area contributed by atoms with Crippen LogP contribution in [0.3, 0.4) is 0 Å². The Morgan fingerprint density at radius 1 is 1.69 bits per heavy atom. The molecule has 0 bridgehead atoms. The van der Waals surface area contributed by atoms with Gasteiger partial charge in [0.15, 0.2) is 0 Å². The van der Waals surface area contributed by atoms with E-state index in [1.165, 1.54) is 10.9 Å². The van der Waals surface area contributed by atoms with Crippen LogP contribution >= 0.6 is 0 Å². The van der Waals surface area contributed by atoms with Crippen LogP contribution in [0.4, 0.5) is 10.6 Å². The first kappa shape index (κ1) is 12.0. The Balaban J connectivity index is 2.84. The van der Waals surface area contributed by atoms with E-state index in [2.05, 4.69) is 10.4 Å². The molecule has 0 atom stereocenters. The highest BCUT2D eigenvalue weighted by atomic mass is 16.6. The predicted molar refractivity (Wildman–Crippen MR) is 59.5 cm³/mol. The lowest BCUT2D eigenvalue weighted by molar-refractivity contribution is 0.129. The maximum atomic E-state index is 11.4. The van der Waals surface area contributed by atoms with Gasteiger partial charge in [-0.3, -0.25) is 15.4 Å². The van der Waals surface area contributed by atoms with Gasteiger partial charge in [-0.05, 0) is 13.8 Å². The number of hydrogen-bond donors (Lipinski definition) is 3. The van der Waals surface area contributed by atoms with E-state index in [4.69, 9.17) is 15.9 Å². The summed E-state index contributed by atoms with van der Waals surface area (Å²) in [6.45, 7) is 3.49. The molecule has 16 heavy (non-hydrogen) atoms. The van der Waals surface area contributed by atoms with Crippen molar-refractivity contribution in [3.05, 3.63) is 11.8 Å². The van der Waals surface area contributed by atoms with E-state index in [1.807, 2.05) is 0 Å². The molecule has 1 amide bonds. The minimum atomic E-state index is -0.596. The summed E-state index contributed by atoms with van der Waals surface area (Å²) in [5.74, 6) is 0.186. The van der Waals surface area contributed by atoms with Crippen LogP contribution in [0.1, 0.15) is 19.4 Å². The topological polar surface area (TPSA) is 106 Å². The van der Waals surface area contributed by atoms with Crippen LogP contribution in [-0.4, -0.2) is 27.8 Å². The van der Waals surface area contributed by atoms with Crippen molar-refractivity contribution in [3.63, 3.8) is 0 Å². The molecule has 0 aromatic carbocycles. The Morgan fingerprint density at radius 3 is 2.81 bits per heavy atom. The molecule has 0 aliphatic rings. The molecule has 0 saturated carbocycles. The van der Waals surface area contributed by atoms with E-state index in [0.717, 1.165) is 0 Å². The monoisotopic (exact) mass is 225 g/mol. The Hall–Kier alpha value is -2.05. The van der Waals surface area contributed by atoms with Gasteiger partial charge in [0.05, 0.1) is 17.9 Å². The smallest absolute Gasteiger partial charge is 0.413 e. The number of nitrogens with zero attached hydrogens (tertiary/aromatic N) is 2. The van der Waals surface area contributed by atoms with Gasteiger partial charge in [-0.1, -0.05) is 0 Å². The van der Waals surface area contributed by atoms with E-state index < -0.39 is 6.09 Å². The summed E-state index contributed by atoms with van der Waals surface area (Å²) in [7, 11) is 1.64. The second kappa shape index (κ2) is 4.65. The molecule has 1 rings (SSSR count). The van der Waals surface area contributed by atoms with Crippen LogP contribution in [0.2, 0.25) is 0 Å². The largest absolute Gasteiger partial charge is 0.447 e. The van der Waals surface area contributed by atoms with Gasteiger partial charge < -0.3 is 10.5 Å². The van der Waals surface area contributed by atoms with E-state index in [1.54, 1.807) is 20.9 Å². The van der Waals surface area contributed by atoms with Crippen molar-refractivity contribution in [1.82, 2.24) is 9.78 Å². The number of nitrogens with two attached hydrogens (primary N) is 1. The van der Waals surface area contributed by atoms with E-state index >= 15 is 0 Å². The molecule has 7 heteroatoms. The van der Waals surface area contributed by atoms with Gasteiger partial charge in [-0.2, -0.15) is 5.10 Å². The zero-order valence-corrected chi connectivity index (χ0v) is 9.44. The first-order chi connectivity index (χ1) is 7.41. The highest BCUT2D eigenvalue weighted by Gasteiger charge is 2.15. The number of aromatic nitrogens is 2. The van der Waals surface area contributed by atoms with Crippen molar-refractivity contribution in [2.45, 2.75) is 20.0 Å². The van der Waals surface area contributed by atoms with Gasteiger partial charge >= 0.3 is 6.09 Å². The van der Waals surface area contributed by atoms with Crippen LogP contribution in [-0.2, 0) is 11.8 Å². The second-order valence-electron chi connectivity index (χ2n) is 3.52. The molecular formula is C9H15N5O2. The first-order valence-corrected chi connectivity index (χ1v) is 4.76. The van der Waals surface area contributed by atoms with Crippen LogP contribution in [0, 0.1) is 5.41 Å². The van der Waals surface area contributed by atoms with E-state index in [9.17, 15) is 4.79 Å². The Morgan fingerprint density at radius 2 is 2.31 bits per heavy atom. The third-order valence-corrected chi connectivity index (χ3v) is 1.79. The summed E-state index contributed by atoms with van der Waals surface area (Å²) < 4.78 is 6.33. The van der Waals surface area contributed by atoms with Crippen LogP contribution < -0.4 is 11.1 Å². The van der Waals surface area contributed by atoms with Gasteiger partial charge in [0, 0.05) is 7.05 Å². The average molecular weight is 225 g/mol. The summed E-state index contributed by atoms with van der Waals surface area (Å²) in [5.41, 5.74) is 5.71. The fourth-order valence-corrected chi connectivity index (χ4v) is 1.12. The van der Waals surface area contributed by atoms with Crippen molar-refractivity contribution >= 4 is 17.7 Å². The summed E-state index contributed by atoms with van der Waals surface area (Å²) >= 11 is 0. The third kappa shape index (κ3) is 2.72. The standard InChI is InChI=1S/C9H15N5O2/c1-5(2)16-9(15)13-8-6(7(10)11)4-12-14(8)3/h4-5H,1-3H3,(H3,10,11)(H,13,15). The minimum Gasteiger partial charge on any atom is -0.447 e. The fraction of sp³-hybridized carbons (Fsp3) is 0.444. The highest BCUT2D eigenvalue weighted by Crippen LogP contribution is 2.13. The number of nitrogen functional groups attached to an aromatic ring is 1. The molecular weight excluding hydrogens is 210 g/mol. The molecule has 88 valence electrons. The van der Waals surface area contributed by atoms with Crippen molar-refractivity contribution < 1.29 is 9.53 Å². The van der Waals surface area contributed by atoms with Gasteiger partial charge in [0.1, 0.15) is 11.7 Å². The first-order valence-electron chi connectivity index (χ1n) is 4.76. The number of amidine groups is 1. The summed E-state index contributed by atoms with van der Waals surface area (Å²) in [5, 5.41) is 13.7. The number of carbonyl (C=O) groups is 1. The molecule has 0 spiro atoms. The van der Waals surface area contributed by atoms with E-state index in [-0.39, 0.29) is 11.9 Å². The Kier molecular flexibility index (Phi) is 3.49. The number of nitrogens with one attached hydrogen (secondary N) is 2. The Bertz CT molecular complexity index is 410.